The van der Waals surface area contributed by atoms with E-state index in [0.717, 1.165) is 18.2 Å². The first-order chi connectivity index (χ1) is 16.6. The van der Waals surface area contributed by atoms with E-state index in [0.29, 0.717) is 5.56 Å². The smallest absolute Gasteiger partial charge is 0.413 e. The summed E-state index contributed by atoms with van der Waals surface area (Å²) in [5, 5.41) is 7.63. The molecule has 3 amide bonds. The summed E-state index contributed by atoms with van der Waals surface area (Å²) in [6, 6.07) is 5.10. The summed E-state index contributed by atoms with van der Waals surface area (Å²) in [7, 11) is 1.62. The van der Waals surface area contributed by atoms with Crippen LogP contribution < -0.4 is 20.9 Å². The molecule has 1 aliphatic heterocycles. The molecule has 2 heterocycles. The molecule has 0 saturated carbocycles. The predicted octanol–water partition coefficient (Wildman–Crippen LogP) is 3.13. The fraction of sp³-hybridized carbons (Fsp3) is 0.417. The monoisotopic (exact) mass is 489 g/mol. The Hall–Kier alpha value is -3.60. The molecule has 0 radical (unpaired) electrons. The maximum absolute atomic E-state index is 14.0. The van der Waals surface area contributed by atoms with Gasteiger partial charge in [0.1, 0.15) is 29.2 Å². The highest BCUT2D eigenvalue weighted by Crippen LogP contribution is 2.40. The topological polar surface area (TPSA) is 113 Å². The molecule has 1 aliphatic rings. The van der Waals surface area contributed by atoms with Crippen LogP contribution in [-0.4, -0.2) is 48.3 Å². The second-order valence-electron chi connectivity index (χ2n) is 8.67. The summed E-state index contributed by atoms with van der Waals surface area (Å²) in [6.45, 7) is 6.94. The van der Waals surface area contributed by atoms with E-state index < -0.39 is 53.6 Å². The second kappa shape index (κ2) is 10.8. The molecular formula is C24H29F2N5O4. The summed E-state index contributed by atoms with van der Waals surface area (Å²) < 4.78 is 33.5. The Morgan fingerprint density at radius 3 is 2.34 bits per heavy atom. The van der Waals surface area contributed by atoms with Crippen molar-refractivity contribution in [3.8, 4) is 0 Å². The summed E-state index contributed by atoms with van der Waals surface area (Å²) in [6.07, 6.45) is -0.817. The van der Waals surface area contributed by atoms with Crippen molar-refractivity contribution in [2.24, 2.45) is 5.92 Å². The zero-order valence-electron chi connectivity index (χ0n) is 20.1. The molecule has 35 heavy (non-hydrogen) atoms. The normalized spacial score (nSPS) is 18.6. The number of carbonyl (C=O) groups excluding carboxylic acids is 3. The quantitative estimate of drug-likeness (QED) is 0.551. The lowest BCUT2D eigenvalue weighted by atomic mass is 10.0. The van der Waals surface area contributed by atoms with Crippen LogP contribution in [0, 0.1) is 17.6 Å². The molecular weight excluding hydrogens is 460 g/mol. The summed E-state index contributed by atoms with van der Waals surface area (Å²) in [5.41, 5.74) is -0.0156. The van der Waals surface area contributed by atoms with E-state index in [2.05, 4.69) is 20.9 Å². The van der Waals surface area contributed by atoms with E-state index in [1.807, 2.05) is 0 Å². The van der Waals surface area contributed by atoms with Gasteiger partial charge in [0.25, 0.3) is 5.91 Å². The number of ether oxygens (including phenoxy) is 1. The van der Waals surface area contributed by atoms with E-state index in [4.69, 9.17) is 4.74 Å². The first-order valence-corrected chi connectivity index (χ1v) is 11.2. The van der Waals surface area contributed by atoms with E-state index in [1.54, 1.807) is 46.9 Å². The van der Waals surface area contributed by atoms with Gasteiger partial charge in [0.15, 0.2) is 6.23 Å². The number of hydrogen-bond acceptors (Lipinski definition) is 6. The predicted molar refractivity (Wildman–Crippen MR) is 126 cm³/mol. The SMILES string of the molecule is CN[C@@H](C)C(=O)N[C@H](C(=O)N1c2ncccc2C(C)C1OC(=O)Nc1c(F)cccc1F)C(C)C. The second-order valence-corrected chi connectivity index (χ2v) is 8.67. The molecule has 2 unspecified atom stereocenters. The number of hydrogen-bond donors (Lipinski definition) is 3. The molecule has 11 heteroatoms. The third kappa shape index (κ3) is 5.40. The van der Waals surface area contributed by atoms with E-state index >= 15 is 0 Å². The molecule has 1 aromatic carbocycles. The number of carbonyl (C=O) groups is 3. The van der Waals surface area contributed by atoms with Gasteiger partial charge < -0.3 is 15.4 Å². The Labute approximate surface area is 202 Å². The van der Waals surface area contributed by atoms with Crippen molar-refractivity contribution in [1.29, 1.82) is 0 Å². The van der Waals surface area contributed by atoms with Crippen LogP contribution in [0.1, 0.15) is 39.2 Å². The Morgan fingerprint density at radius 2 is 1.74 bits per heavy atom. The Kier molecular flexibility index (Phi) is 8.00. The van der Waals surface area contributed by atoms with Crippen molar-refractivity contribution >= 4 is 29.4 Å². The molecule has 0 spiro atoms. The van der Waals surface area contributed by atoms with Gasteiger partial charge >= 0.3 is 6.09 Å². The lowest BCUT2D eigenvalue weighted by Gasteiger charge is -2.32. The number of benzene rings is 1. The van der Waals surface area contributed by atoms with Crippen LogP contribution in [0.3, 0.4) is 0 Å². The molecule has 0 fully saturated rings. The van der Waals surface area contributed by atoms with Crippen molar-refractivity contribution in [2.45, 2.75) is 51.9 Å². The average Bonchev–Trinajstić information content (AvgIpc) is 3.10. The Balaban J connectivity index is 1.91. The van der Waals surface area contributed by atoms with Crippen molar-refractivity contribution in [3.63, 3.8) is 0 Å². The highest BCUT2D eigenvalue weighted by Gasteiger charge is 2.46. The maximum Gasteiger partial charge on any atom is 0.413 e. The highest BCUT2D eigenvalue weighted by atomic mass is 19.1. The van der Waals surface area contributed by atoms with Crippen LogP contribution in [0.2, 0.25) is 0 Å². The summed E-state index contributed by atoms with van der Waals surface area (Å²) >= 11 is 0. The third-order valence-electron chi connectivity index (χ3n) is 5.93. The lowest BCUT2D eigenvalue weighted by Crippen LogP contribution is -2.57. The zero-order chi connectivity index (χ0) is 25.9. The zero-order valence-corrected chi connectivity index (χ0v) is 20.1. The van der Waals surface area contributed by atoms with Crippen molar-refractivity contribution in [1.82, 2.24) is 15.6 Å². The van der Waals surface area contributed by atoms with Gasteiger partial charge in [-0.15, -0.1) is 0 Å². The van der Waals surface area contributed by atoms with Gasteiger partial charge in [0, 0.05) is 17.7 Å². The van der Waals surface area contributed by atoms with Gasteiger partial charge in [-0.2, -0.15) is 0 Å². The molecule has 0 aliphatic carbocycles. The van der Waals surface area contributed by atoms with Gasteiger partial charge in [-0.3, -0.25) is 19.8 Å². The first kappa shape index (κ1) is 26.0. The Bertz CT molecular complexity index is 1090. The van der Waals surface area contributed by atoms with Gasteiger partial charge in [0.05, 0.1) is 6.04 Å². The molecule has 3 rings (SSSR count). The van der Waals surface area contributed by atoms with Gasteiger partial charge in [0.2, 0.25) is 5.91 Å². The number of nitrogens with one attached hydrogen (secondary N) is 3. The number of fused-ring (bicyclic) bond motifs is 1. The molecule has 188 valence electrons. The standard InChI is InChI=1S/C24H29F2N5O4/c1-12(2)18(29-21(32)14(4)27-5)22(33)31-20-15(8-7-11-28-20)13(3)23(31)35-24(34)30-19-16(25)9-6-10-17(19)26/h6-14,18,23,27H,1-5H3,(H,29,32)(H,30,34)/t13?,14-,18-,23?/m0/s1. The van der Waals surface area contributed by atoms with E-state index in [1.165, 1.54) is 11.1 Å². The molecule has 0 saturated heterocycles. The summed E-state index contributed by atoms with van der Waals surface area (Å²) in [5.74, 6) is -3.38. The maximum atomic E-state index is 14.0. The minimum atomic E-state index is -1.16. The number of likely N-dealkylation sites (N-methyl/N-ethyl adjacent to an activating group) is 1. The van der Waals surface area contributed by atoms with Crippen LogP contribution in [0.4, 0.5) is 25.1 Å². The van der Waals surface area contributed by atoms with Gasteiger partial charge in [-0.1, -0.05) is 32.9 Å². The minimum Gasteiger partial charge on any atom is -0.424 e. The molecule has 4 atom stereocenters. The molecule has 9 nitrogen and oxygen atoms in total. The fourth-order valence-electron chi connectivity index (χ4n) is 3.78. The number of amides is 3. The van der Waals surface area contributed by atoms with Crippen LogP contribution in [-0.2, 0) is 14.3 Å². The van der Waals surface area contributed by atoms with Gasteiger partial charge in [-0.25, -0.2) is 18.6 Å². The van der Waals surface area contributed by atoms with E-state index in [-0.39, 0.29) is 17.6 Å². The van der Waals surface area contributed by atoms with Crippen molar-refractivity contribution in [3.05, 3.63) is 53.7 Å². The lowest BCUT2D eigenvalue weighted by molar-refractivity contribution is -0.130. The van der Waals surface area contributed by atoms with E-state index in [9.17, 15) is 23.2 Å². The average molecular weight is 490 g/mol. The number of rotatable bonds is 7. The van der Waals surface area contributed by atoms with Crippen LogP contribution in [0.25, 0.3) is 0 Å². The number of para-hydroxylation sites is 1. The number of pyridine rings is 1. The number of nitrogens with zero attached hydrogens (tertiary/aromatic N) is 2. The largest absolute Gasteiger partial charge is 0.424 e. The van der Waals surface area contributed by atoms with Gasteiger partial charge in [-0.05, 0) is 38.1 Å². The molecule has 3 N–H and O–H groups in total. The first-order valence-electron chi connectivity index (χ1n) is 11.2. The van der Waals surface area contributed by atoms with Crippen molar-refractivity contribution < 1.29 is 27.9 Å². The molecule has 2 aromatic rings. The van der Waals surface area contributed by atoms with Crippen LogP contribution in [0.5, 0.6) is 0 Å². The fourth-order valence-corrected chi connectivity index (χ4v) is 3.78. The number of halogens is 2. The minimum absolute atomic E-state index is 0.279. The number of aromatic nitrogens is 1. The number of anilines is 2. The van der Waals surface area contributed by atoms with Crippen LogP contribution >= 0.6 is 0 Å². The summed E-state index contributed by atoms with van der Waals surface area (Å²) in [4.78, 5) is 44.4. The van der Waals surface area contributed by atoms with Crippen molar-refractivity contribution in [2.75, 3.05) is 17.3 Å². The Morgan fingerprint density at radius 1 is 1.09 bits per heavy atom. The van der Waals surface area contributed by atoms with Crippen LogP contribution in [0.15, 0.2) is 36.5 Å². The highest BCUT2D eigenvalue weighted by molar-refractivity contribution is 6.01. The third-order valence-corrected chi connectivity index (χ3v) is 5.93. The molecule has 1 aromatic heterocycles. The molecule has 0 bridgehead atoms.